The van der Waals surface area contributed by atoms with Crippen LogP contribution in [0.2, 0.25) is 0 Å². The molecule has 3 nitrogen and oxygen atoms in total. The van der Waals surface area contributed by atoms with Gasteiger partial charge in [0.2, 0.25) is 0 Å². The first-order chi connectivity index (χ1) is 9.24. The van der Waals surface area contributed by atoms with Crippen LogP contribution in [0.25, 0.3) is 5.70 Å². The largest absolute Gasteiger partial charge is 0.217 e. The summed E-state index contributed by atoms with van der Waals surface area (Å²) in [5.41, 5.74) is 8.64. The second kappa shape index (κ2) is 5.87. The molecule has 2 rings (SSSR count). The van der Waals surface area contributed by atoms with Crippen LogP contribution in [-0.2, 0) is 0 Å². The highest BCUT2D eigenvalue weighted by Crippen LogP contribution is 2.24. The van der Waals surface area contributed by atoms with Gasteiger partial charge in [-0.2, -0.15) is 4.39 Å². The SMILES string of the molecule is Cc1ccc(C(=C=C=CC2=CC2)N=CF)cc1N=O. The highest BCUT2D eigenvalue weighted by atomic mass is 19.1. The zero-order chi connectivity index (χ0) is 13.7. The third-order valence-corrected chi connectivity index (χ3v) is 2.65. The molecule has 0 unspecified atom stereocenters. The topological polar surface area (TPSA) is 41.8 Å². The van der Waals surface area contributed by atoms with Crippen LogP contribution in [0.3, 0.4) is 0 Å². The lowest BCUT2D eigenvalue weighted by atomic mass is 10.1. The van der Waals surface area contributed by atoms with E-state index in [0.717, 1.165) is 17.6 Å². The van der Waals surface area contributed by atoms with Gasteiger partial charge in [-0.25, -0.2) is 4.99 Å². The van der Waals surface area contributed by atoms with E-state index in [0.29, 0.717) is 11.3 Å². The molecule has 0 amide bonds. The molecule has 0 saturated carbocycles. The zero-order valence-corrected chi connectivity index (χ0v) is 10.4. The van der Waals surface area contributed by atoms with Gasteiger partial charge in [-0.15, -0.1) is 4.91 Å². The maximum atomic E-state index is 12.3. The first-order valence-electron chi connectivity index (χ1n) is 5.72. The second-order valence-electron chi connectivity index (χ2n) is 4.06. The summed E-state index contributed by atoms with van der Waals surface area (Å²) in [4.78, 5) is 14.2. The van der Waals surface area contributed by atoms with Gasteiger partial charge in [0.25, 0.3) is 0 Å². The van der Waals surface area contributed by atoms with Gasteiger partial charge >= 0.3 is 0 Å². The molecule has 0 aromatic heterocycles. The van der Waals surface area contributed by atoms with Crippen LogP contribution in [0.4, 0.5) is 10.1 Å². The van der Waals surface area contributed by atoms with Crippen molar-refractivity contribution in [3.8, 4) is 0 Å². The number of rotatable bonds is 4. The predicted molar refractivity (Wildman–Crippen MR) is 73.9 cm³/mol. The van der Waals surface area contributed by atoms with Gasteiger partial charge in [0, 0.05) is 5.56 Å². The molecule has 0 atom stereocenters. The van der Waals surface area contributed by atoms with Crippen molar-refractivity contribution < 1.29 is 4.39 Å². The Morgan fingerprint density at radius 3 is 2.89 bits per heavy atom. The standard InChI is InChI=1S/C15H11FN2O/c1-11-5-8-13(9-15(11)18-19)14(17-10-16)4-2-3-12-6-7-12/h3,5-6,8-10H,7H2,1H3. The van der Waals surface area contributed by atoms with Crippen molar-refractivity contribution in [2.75, 3.05) is 0 Å². The lowest BCUT2D eigenvalue weighted by Gasteiger charge is -2.01. The van der Waals surface area contributed by atoms with Crippen molar-refractivity contribution >= 4 is 17.9 Å². The minimum Gasteiger partial charge on any atom is -0.217 e. The molecule has 0 saturated heterocycles. The zero-order valence-electron chi connectivity index (χ0n) is 10.4. The van der Waals surface area contributed by atoms with Crippen LogP contribution >= 0.6 is 0 Å². The molecular formula is C15H11FN2O. The first kappa shape index (κ1) is 12.9. The van der Waals surface area contributed by atoms with Crippen LogP contribution in [0, 0.1) is 11.8 Å². The summed E-state index contributed by atoms with van der Waals surface area (Å²) >= 11 is 0. The Morgan fingerprint density at radius 2 is 2.26 bits per heavy atom. The van der Waals surface area contributed by atoms with Crippen LogP contribution in [0.15, 0.2) is 57.6 Å². The fraction of sp³-hybridized carbons (Fsp3) is 0.133. The molecule has 0 heterocycles. The van der Waals surface area contributed by atoms with Crippen molar-refractivity contribution in [1.82, 2.24) is 0 Å². The van der Waals surface area contributed by atoms with E-state index in [4.69, 9.17) is 0 Å². The molecular weight excluding hydrogens is 243 g/mol. The van der Waals surface area contributed by atoms with Crippen LogP contribution in [-0.4, -0.2) is 6.47 Å². The minimum absolute atomic E-state index is 0.189. The van der Waals surface area contributed by atoms with Gasteiger partial charge in [-0.05, 0) is 47.5 Å². The first-order valence-corrected chi connectivity index (χ1v) is 5.72. The Bertz CT molecular complexity index is 673. The molecule has 1 aromatic carbocycles. The summed E-state index contributed by atoms with van der Waals surface area (Å²) in [6.07, 6.45) is 4.76. The molecule has 1 aromatic rings. The third-order valence-electron chi connectivity index (χ3n) is 2.65. The van der Waals surface area contributed by atoms with Gasteiger partial charge < -0.3 is 0 Å². The number of halogens is 1. The van der Waals surface area contributed by atoms with Gasteiger partial charge in [0.1, 0.15) is 11.4 Å². The third kappa shape index (κ3) is 3.46. The van der Waals surface area contributed by atoms with Crippen molar-refractivity contribution in [2.24, 2.45) is 10.2 Å². The molecule has 1 aliphatic rings. The average molecular weight is 254 g/mol. The minimum atomic E-state index is 0.189. The molecule has 19 heavy (non-hydrogen) atoms. The van der Waals surface area contributed by atoms with Crippen molar-refractivity contribution in [3.05, 3.63) is 63.4 Å². The number of nitroso groups, excluding NO2 is 1. The van der Waals surface area contributed by atoms with Crippen molar-refractivity contribution in [1.29, 1.82) is 0 Å². The van der Waals surface area contributed by atoms with Crippen LogP contribution < -0.4 is 0 Å². The van der Waals surface area contributed by atoms with Crippen LogP contribution in [0.1, 0.15) is 17.5 Å². The molecule has 0 fully saturated rings. The maximum absolute atomic E-state index is 12.3. The van der Waals surface area contributed by atoms with E-state index in [1.165, 1.54) is 0 Å². The fourth-order valence-corrected chi connectivity index (χ4v) is 1.46. The second-order valence-corrected chi connectivity index (χ2v) is 4.06. The van der Waals surface area contributed by atoms with E-state index in [1.807, 2.05) is 6.08 Å². The number of aliphatic imine (C=N–C) groups is 1. The Morgan fingerprint density at radius 1 is 1.47 bits per heavy atom. The lowest BCUT2D eigenvalue weighted by molar-refractivity contribution is 0.842. The van der Waals surface area contributed by atoms with Crippen molar-refractivity contribution in [3.63, 3.8) is 0 Å². The predicted octanol–water partition coefficient (Wildman–Crippen LogP) is 4.37. The van der Waals surface area contributed by atoms with Crippen molar-refractivity contribution in [2.45, 2.75) is 13.3 Å². The molecule has 0 bridgehead atoms. The van der Waals surface area contributed by atoms with E-state index in [-0.39, 0.29) is 12.2 Å². The highest BCUT2D eigenvalue weighted by molar-refractivity contribution is 5.72. The highest BCUT2D eigenvalue weighted by Gasteiger charge is 2.04. The monoisotopic (exact) mass is 254 g/mol. The Labute approximate surface area is 110 Å². The molecule has 1 aliphatic carbocycles. The number of hydrogen-bond donors (Lipinski definition) is 0. The summed E-state index contributed by atoms with van der Waals surface area (Å²) in [5.74, 6) is 0. The average Bonchev–Trinajstić information content (AvgIpc) is 3.22. The Kier molecular flexibility index (Phi) is 3.99. The number of benzene rings is 1. The number of allylic oxidation sites excluding steroid dienone is 3. The summed E-state index contributed by atoms with van der Waals surface area (Å²) in [7, 11) is 0. The fourth-order valence-electron chi connectivity index (χ4n) is 1.46. The molecule has 0 aliphatic heterocycles. The molecule has 0 N–H and O–H groups in total. The van der Waals surface area contributed by atoms with E-state index in [2.05, 4.69) is 21.6 Å². The smallest absolute Gasteiger partial charge is 0.176 e. The molecule has 4 heteroatoms. The van der Waals surface area contributed by atoms with E-state index in [9.17, 15) is 9.30 Å². The van der Waals surface area contributed by atoms with Gasteiger partial charge in [0.15, 0.2) is 6.47 Å². The van der Waals surface area contributed by atoms with E-state index >= 15 is 0 Å². The molecule has 0 spiro atoms. The number of hydrogen-bond acceptors (Lipinski definition) is 3. The molecule has 94 valence electrons. The van der Waals surface area contributed by atoms with Gasteiger partial charge in [-0.1, -0.05) is 23.9 Å². The Balaban J connectivity index is 2.47. The molecule has 0 radical (unpaired) electrons. The van der Waals surface area contributed by atoms with E-state index in [1.54, 1.807) is 31.2 Å². The van der Waals surface area contributed by atoms with Gasteiger partial charge in [-0.3, -0.25) is 0 Å². The Hall–Kier alpha value is -2.54. The summed E-state index contributed by atoms with van der Waals surface area (Å²) in [6, 6.07) is 5.02. The number of nitrogens with zero attached hydrogens (tertiary/aromatic N) is 2. The number of aryl methyl sites for hydroxylation is 1. The van der Waals surface area contributed by atoms with Crippen LogP contribution in [0.5, 0.6) is 0 Å². The summed E-state index contributed by atoms with van der Waals surface area (Å²) in [5, 5.41) is 2.92. The van der Waals surface area contributed by atoms with Gasteiger partial charge in [0.05, 0.1) is 0 Å². The summed E-state index contributed by atoms with van der Waals surface area (Å²) in [6.45, 7) is 1.96. The summed E-state index contributed by atoms with van der Waals surface area (Å²) < 4.78 is 12.3. The lowest BCUT2D eigenvalue weighted by Crippen LogP contribution is -1.82. The maximum Gasteiger partial charge on any atom is 0.176 e. The normalized spacial score (nSPS) is 12.4. The quantitative estimate of drug-likeness (QED) is 0.447. The van der Waals surface area contributed by atoms with E-state index < -0.39 is 0 Å².